The fraction of sp³-hybridized carbons (Fsp3) is 0.182. The third-order valence-corrected chi connectivity index (χ3v) is 1.70. The van der Waals surface area contributed by atoms with Gasteiger partial charge in [0.15, 0.2) is 0 Å². The van der Waals surface area contributed by atoms with Crippen molar-refractivity contribution >= 4 is 17.4 Å². The van der Waals surface area contributed by atoms with Crippen LogP contribution in [-0.2, 0) is 9.53 Å². The summed E-state index contributed by atoms with van der Waals surface area (Å²) in [7, 11) is 0. The zero-order valence-corrected chi connectivity index (χ0v) is 8.07. The van der Waals surface area contributed by atoms with Crippen LogP contribution in [-0.4, -0.2) is 18.1 Å². The molecule has 0 radical (unpaired) electrons. The smallest absolute Gasteiger partial charge is 0.293 e. The second-order valence-corrected chi connectivity index (χ2v) is 2.62. The third kappa shape index (κ3) is 2.94. The highest BCUT2D eigenvalue weighted by Crippen LogP contribution is 2.09. The summed E-state index contributed by atoms with van der Waals surface area (Å²) in [4.78, 5) is 12.3. The zero-order valence-electron chi connectivity index (χ0n) is 8.07. The van der Waals surface area contributed by atoms with Gasteiger partial charge in [0.1, 0.15) is 0 Å². The van der Waals surface area contributed by atoms with Crippen molar-refractivity contribution in [1.29, 1.82) is 0 Å². The molecule has 0 aliphatic heterocycles. The maximum atomic E-state index is 9.18. The molecule has 0 fully saturated rings. The first-order valence-electron chi connectivity index (χ1n) is 4.46. The molecule has 74 valence electrons. The van der Waals surface area contributed by atoms with Gasteiger partial charge in [-0.1, -0.05) is 18.2 Å². The van der Waals surface area contributed by atoms with E-state index in [1.807, 2.05) is 18.3 Å². The van der Waals surface area contributed by atoms with Gasteiger partial charge in [-0.2, -0.15) is 0 Å². The fourth-order valence-electron chi connectivity index (χ4n) is 1.06. The number of carbonyl (C=O) groups is 1. The first kappa shape index (κ1) is 10.3. The van der Waals surface area contributed by atoms with Gasteiger partial charge >= 0.3 is 0 Å². The van der Waals surface area contributed by atoms with Crippen molar-refractivity contribution in [2.24, 2.45) is 0 Å². The average molecular weight is 191 g/mol. The van der Waals surface area contributed by atoms with E-state index < -0.39 is 0 Å². The van der Waals surface area contributed by atoms with Crippen molar-refractivity contribution in [3.8, 4) is 0 Å². The predicted octanol–water partition coefficient (Wildman–Crippen LogP) is 2.35. The van der Waals surface area contributed by atoms with Crippen LogP contribution in [0.15, 0.2) is 36.5 Å². The Labute approximate surface area is 82.7 Å². The van der Waals surface area contributed by atoms with Gasteiger partial charge in [-0.3, -0.25) is 4.79 Å². The molecule has 3 heteroatoms. The number of benzene rings is 1. The molecule has 0 aliphatic carbocycles. The minimum Gasteiger partial charge on any atom is -0.468 e. The normalized spacial score (nSPS) is 8.93. The Hall–Kier alpha value is -1.77. The molecule has 0 unspecified atom stereocenters. The van der Waals surface area contributed by atoms with Crippen LogP contribution in [0.5, 0.6) is 0 Å². The van der Waals surface area contributed by atoms with Crippen molar-refractivity contribution in [3.63, 3.8) is 0 Å². The average Bonchev–Trinajstić information content (AvgIpc) is 2.67. The molecule has 0 amide bonds. The minimum absolute atomic E-state index is 0.431. The number of fused-ring (bicyclic) bond motifs is 1. The number of hydrogen-bond acceptors (Lipinski definition) is 2. The number of hydrogen-bond donors (Lipinski definition) is 1. The van der Waals surface area contributed by atoms with Crippen LogP contribution in [0, 0.1) is 0 Å². The lowest BCUT2D eigenvalue weighted by atomic mass is 10.3. The Morgan fingerprint density at radius 2 is 2.14 bits per heavy atom. The number of nitrogens with one attached hydrogen (secondary N) is 1. The molecule has 0 atom stereocenters. The van der Waals surface area contributed by atoms with Gasteiger partial charge in [-0.15, -0.1) is 0 Å². The van der Waals surface area contributed by atoms with Crippen molar-refractivity contribution in [3.05, 3.63) is 36.5 Å². The first-order chi connectivity index (χ1) is 6.88. The predicted molar refractivity (Wildman–Crippen MR) is 56.0 cm³/mol. The monoisotopic (exact) mass is 191 g/mol. The number of para-hydroxylation sites is 1. The summed E-state index contributed by atoms with van der Waals surface area (Å²) in [6.45, 7) is 2.66. The standard InChI is InChI=1S/C8H7N.C3H6O2/c1-2-4-8-7(3-1)5-6-9-8;1-2-5-3-4/h1-6,9H;3H,2H2,1H3. The van der Waals surface area contributed by atoms with E-state index in [0.29, 0.717) is 13.1 Å². The molecule has 1 aromatic heterocycles. The molecule has 0 saturated heterocycles. The molecular formula is C11H13NO2. The molecule has 3 nitrogen and oxygen atoms in total. The number of H-pyrrole nitrogens is 1. The van der Waals surface area contributed by atoms with Gasteiger partial charge < -0.3 is 9.72 Å². The molecule has 1 heterocycles. The van der Waals surface area contributed by atoms with Crippen LogP contribution in [0.25, 0.3) is 10.9 Å². The Balaban J connectivity index is 0.000000171. The van der Waals surface area contributed by atoms with Crippen LogP contribution < -0.4 is 0 Å². The van der Waals surface area contributed by atoms with E-state index in [-0.39, 0.29) is 0 Å². The van der Waals surface area contributed by atoms with Gasteiger partial charge in [0.25, 0.3) is 6.47 Å². The number of aromatic amines is 1. The Bertz CT molecular complexity index is 351. The van der Waals surface area contributed by atoms with Gasteiger partial charge in [-0.25, -0.2) is 0 Å². The van der Waals surface area contributed by atoms with E-state index in [9.17, 15) is 4.79 Å². The lowest BCUT2D eigenvalue weighted by Crippen LogP contribution is -1.80. The number of carbonyl (C=O) groups excluding carboxylic acids is 1. The lowest BCUT2D eigenvalue weighted by molar-refractivity contribution is -0.128. The molecule has 1 aromatic carbocycles. The van der Waals surface area contributed by atoms with Crippen LogP contribution in [0.4, 0.5) is 0 Å². The molecule has 1 N–H and O–H groups in total. The Morgan fingerprint density at radius 3 is 2.71 bits per heavy atom. The Morgan fingerprint density at radius 1 is 1.36 bits per heavy atom. The number of rotatable bonds is 2. The summed E-state index contributed by atoms with van der Waals surface area (Å²) in [6.07, 6.45) is 1.95. The summed E-state index contributed by atoms with van der Waals surface area (Å²) in [6, 6.07) is 10.3. The van der Waals surface area contributed by atoms with E-state index in [2.05, 4.69) is 27.9 Å². The molecule has 0 bridgehead atoms. The maximum Gasteiger partial charge on any atom is 0.293 e. The van der Waals surface area contributed by atoms with E-state index in [1.165, 1.54) is 10.9 Å². The van der Waals surface area contributed by atoms with Crippen molar-refractivity contribution in [2.75, 3.05) is 6.61 Å². The largest absolute Gasteiger partial charge is 0.468 e. The van der Waals surface area contributed by atoms with E-state index in [4.69, 9.17) is 0 Å². The molecular weight excluding hydrogens is 178 g/mol. The topological polar surface area (TPSA) is 42.1 Å². The second kappa shape index (κ2) is 5.80. The van der Waals surface area contributed by atoms with Crippen LogP contribution >= 0.6 is 0 Å². The molecule has 0 spiro atoms. The van der Waals surface area contributed by atoms with Crippen LogP contribution in [0.3, 0.4) is 0 Å². The SMILES string of the molecule is CCOC=O.c1ccc2[nH]ccc2c1. The summed E-state index contributed by atoms with van der Waals surface area (Å²) in [5.41, 5.74) is 1.21. The highest BCUT2D eigenvalue weighted by molar-refractivity contribution is 5.78. The molecule has 0 saturated carbocycles. The van der Waals surface area contributed by atoms with Crippen LogP contribution in [0.1, 0.15) is 6.92 Å². The molecule has 2 aromatic rings. The molecule has 2 rings (SSSR count). The maximum absolute atomic E-state index is 9.18. The highest BCUT2D eigenvalue weighted by atomic mass is 16.5. The summed E-state index contributed by atoms with van der Waals surface area (Å²) < 4.78 is 4.15. The number of aromatic nitrogens is 1. The van der Waals surface area contributed by atoms with E-state index in [1.54, 1.807) is 6.92 Å². The van der Waals surface area contributed by atoms with Crippen molar-refractivity contribution < 1.29 is 9.53 Å². The van der Waals surface area contributed by atoms with Crippen molar-refractivity contribution in [1.82, 2.24) is 4.98 Å². The summed E-state index contributed by atoms with van der Waals surface area (Å²) in [5.74, 6) is 0. The van der Waals surface area contributed by atoms with E-state index >= 15 is 0 Å². The molecule has 0 aliphatic rings. The van der Waals surface area contributed by atoms with Crippen molar-refractivity contribution in [2.45, 2.75) is 6.92 Å². The summed E-state index contributed by atoms with van der Waals surface area (Å²) in [5, 5.41) is 1.28. The number of ether oxygens (including phenoxy) is 1. The van der Waals surface area contributed by atoms with Gasteiger partial charge in [0.2, 0.25) is 0 Å². The first-order valence-corrected chi connectivity index (χ1v) is 4.46. The quantitative estimate of drug-likeness (QED) is 0.740. The fourth-order valence-corrected chi connectivity index (χ4v) is 1.06. The lowest BCUT2D eigenvalue weighted by Gasteiger charge is -1.83. The van der Waals surface area contributed by atoms with Crippen LogP contribution in [0.2, 0.25) is 0 Å². The highest BCUT2D eigenvalue weighted by Gasteiger charge is 1.86. The van der Waals surface area contributed by atoms with E-state index in [0.717, 1.165) is 0 Å². The second-order valence-electron chi connectivity index (χ2n) is 2.62. The minimum atomic E-state index is 0.431. The van der Waals surface area contributed by atoms with Gasteiger partial charge in [0, 0.05) is 11.7 Å². The third-order valence-electron chi connectivity index (χ3n) is 1.70. The zero-order chi connectivity index (χ0) is 10.2. The van der Waals surface area contributed by atoms with Gasteiger partial charge in [0.05, 0.1) is 6.61 Å². The summed E-state index contributed by atoms with van der Waals surface area (Å²) >= 11 is 0. The molecule has 14 heavy (non-hydrogen) atoms. The Kier molecular flexibility index (Phi) is 4.27. The van der Waals surface area contributed by atoms with Gasteiger partial charge in [-0.05, 0) is 24.4 Å².